The van der Waals surface area contributed by atoms with Gasteiger partial charge in [0.2, 0.25) is 0 Å². The van der Waals surface area contributed by atoms with Crippen molar-refractivity contribution in [1.82, 2.24) is 4.98 Å². The molecule has 1 aromatic carbocycles. The van der Waals surface area contributed by atoms with Crippen molar-refractivity contribution in [3.05, 3.63) is 41.0 Å². The summed E-state index contributed by atoms with van der Waals surface area (Å²) in [5, 5.41) is 18.9. The highest BCUT2D eigenvalue weighted by Gasteiger charge is 2.24. The van der Waals surface area contributed by atoms with E-state index in [9.17, 15) is 15.3 Å². The van der Waals surface area contributed by atoms with Crippen molar-refractivity contribution in [3.63, 3.8) is 0 Å². The zero-order valence-electron chi connectivity index (χ0n) is 14.0. The number of nitriles is 2. The molecular weight excluding hydrogens is 336 g/mol. The second kappa shape index (κ2) is 7.69. The summed E-state index contributed by atoms with van der Waals surface area (Å²) in [6, 6.07) is 11.5. The highest BCUT2D eigenvalue weighted by atomic mass is 32.2. The van der Waals surface area contributed by atoms with Crippen LogP contribution in [0.2, 0.25) is 0 Å². The Kier molecular flexibility index (Phi) is 5.63. The van der Waals surface area contributed by atoms with E-state index in [0.717, 1.165) is 17.3 Å². The lowest BCUT2D eigenvalue weighted by Crippen LogP contribution is -2.15. The van der Waals surface area contributed by atoms with E-state index >= 15 is 0 Å². The number of nitrogen functional groups attached to an aromatic ring is 1. The zero-order chi connectivity index (χ0) is 18.6. The fourth-order valence-corrected chi connectivity index (χ4v) is 3.22. The van der Waals surface area contributed by atoms with Crippen LogP contribution < -0.4 is 5.73 Å². The second-order valence-corrected chi connectivity index (χ2v) is 6.63. The number of carbonyl (C=O) groups is 1. The van der Waals surface area contributed by atoms with E-state index in [2.05, 4.69) is 11.1 Å². The van der Waals surface area contributed by atoms with Crippen molar-refractivity contribution in [2.45, 2.75) is 24.1 Å². The van der Waals surface area contributed by atoms with Crippen molar-refractivity contribution in [2.24, 2.45) is 0 Å². The molecule has 0 spiro atoms. The molecule has 2 N–H and O–H groups in total. The van der Waals surface area contributed by atoms with E-state index in [4.69, 9.17) is 10.5 Å². The topological polar surface area (TPSA) is 113 Å². The van der Waals surface area contributed by atoms with E-state index in [1.165, 1.54) is 7.11 Å². The van der Waals surface area contributed by atoms with Crippen LogP contribution in [0.3, 0.4) is 0 Å². The number of nitrogens with two attached hydrogens (primary N) is 1. The van der Waals surface area contributed by atoms with Crippen molar-refractivity contribution in [3.8, 4) is 23.3 Å². The van der Waals surface area contributed by atoms with Crippen LogP contribution in [0.1, 0.15) is 23.6 Å². The van der Waals surface area contributed by atoms with Gasteiger partial charge in [-0.2, -0.15) is 10.5 Å². The molecule has 1 heterocycles. The summed E-state index contributed by atoms with van der Waals surface area (Å²) >= 11 is 1.08. The Hall–Kier alpha value is -3.03. The number of benzene rings is 1. The van der Waals surface area contributed by atoms with Gasteiger partial charge in [0.25, 0.3) is 0 Å². The molecule has 126 valence electrons. The average molecular weight is 352 g/mol. The normalized spacial score (nSPS) is 11.2. The molecule has 25 heavy (non-hydrogen) atoms. The number of rotatable bonds is 4. The van der Waals surface area contributed by atoms with Gasteiger partial charge in [0, 0.05) is 5.56 Å². The smallest absolute Gasteiger partial charge is 0.318 e. The number of aryl methyl sites for hydroxylation is 1. The number of ether oxygens (including phenoxy) is 1. The molecule has 0 bridgehead atoms. The third-order valence-corrected chi connectivity index (χ3v) is 4.64. The number of hydrogen-bond donors (Lipinski definition) is 1. The molecule has 0 radical (unpaired) electrons. The predicted octanol–water partition coefficient (Wildman–Crippen LogP) is 3.04. The van der Waals surface area contributed by atoms with Crippen molar-refractivity contribution < 1.29 is 9.53 Å². The van der Waals surface area contributed by atoms with Crippen LogP contribution in [0.4, 0.5) is 5.82 Å². The van der Waals surface area contributed by atoms with Gasteiger partial charge in [0.1, 0.15) is 33.8 Å². The number of esters is 1. The first-order valence-electron chi connectivity index (χ1n) is 7.38. The molecule has 0 aliphatic heterocycles. The molecule has 2 rings (SSSR count). The van der Waals surface area contributed by atoms with Gasteiger partial charge in [-0.1, -0.05) is 41.6 Å². The number of pyridine rings is 1. The highest BCUT2D eigenvalue weighted by molar-refractivity contribution is 8.00. The molecule has 0 amide bonds. The molecule has 1 aromatic heterocycles. The van der Waals surface area contributed by atoms with E-state index in [0.29, 0.717) is 16.2 Å². The zero-order valence-corrected chi connectivity index (χ0v) is 14.8. The summed E-state index contributed by atoms with van der Waals surface area (Å²) in [6.07, 6.45) is 0. The Bertz CT molecular complexity index is 895. The molecule has 1 unspecified atom stereocenters. The van der Waals surface area contributed by atoms with Crippen LogP contribution in [0.25, 0.3) is 11.1 Å². The largest absolute Gasteiger partial charge is 0.468 e. The minimum Gasteiger partial charge on any atom is -0.468 e. The molecule has 0 saturated carbocycles. The Morgan fingerprint density at radius 3 is 2.36 bits per heavy atom. The molecule has 0 fully saturated rings. The molecule has 0 aliphatic carbocycles. The van der Waals surface area contributed by atoms with Crippen LogP contribution in [0, 0.1) is 29.6 Å². The Balaban J connectivity index is 2.69. The first-order chi connectivity index (χ1) is 11.9. The number of carbonyl (C=O) groups excluding carboxylic acids is 1. The van der Waals surface area contributed by atoms with Crippen LogP contribution in [0.15, 0.2) is 29.3 Å². The fraction of sp³-hybridized carbons (Fsp3) is 0.222. The number of thioether (sulfide) groups is 1. The lowest BCUT2D eigenvalue weighted by molar-refractivity contribution is -0.139. The molecule has 0 saturated heterocycles. The molecule has 6 nitrogen and oxygen atoms in total. The summed E-state index contributed by atoms with van der Waals surface area (Å²) in [7, 11) is 1.29. The van der Waals surface area contributed by atoms with Gasteiger partial charge < -0.3 is 10.5 Å². The molecule has 1 atom stereocenters. The highest BCUT2D eigenvalue weighted by Crippen LogP contribution is 2.37. The summed E-state index contributed by atoms with van der Waals surface area (Å²) in [5.74, 6) is -0.410. The quantitative estimate of drug-likeness (QED) is 0.664. The maximum Gasteiger partial charge on any atom is 0.318 e. The summed E-state index contributed by atoms with van der Waals surface area (Å²) in [5.41, 5.74) is 8.48. The molecule has 2 aromatic rings. The van der Waals surface area contributed by atoms with Gasteiger partial charge in [-0.05, 0) is 19.4 Å². The Morgan fingerprint density at radius 2 is 1.84 bits per heavy atom. The molecular formula is C18H16N4O2S. The standard InChI is InChI=1S/C18H16N4O2S/c1-10-4-6-12(7-5-10)15-13(8-19)16(21)22-17(14(15)9-20)25-11(2)18(23)24-3/h4-7,11H,1-3H3,(H2,21,22). The summed E-state index contributed by atoms with van der Waals surface area (Å²) < 4.78 is 4.71. The van der Waals surface area contributed by atoms with E-state index in [-0.39, 0.29) is 16.9 Å². The third-order valence-electron chi connectivity index (χ3n) is 3.58. The SMILES string of the molecule is COC(=O)C(C)Sc1nc(N)c(C#N)c(-c2ccc(C)cc2)c1C#N. The number of hydrogen-bond acceptors (Lipinski definition) is 7. The summed E-state index contributed by atoms with van der Waals surface area (Å²) in [6.45, 7) is 3.60. The average Bonchev–Trinajstić information content (AvgIpc) is 2.61. The van der Waals surface area contributed by atoms with Crippen molar-refractivity contribution in [2.75, 3.05) is 12.8 Å². The minimum atomic E-state index is -0.567. The first kappa shape index (κ1) is 18.3. The second-order valence-electron chi connectivity index (χ2n) is 5.30. The maximum absolute atomic E-state index is 11.7. The predicted molar refractivity (Wildman–Crippen MR) is 95.6 cm³/mol. The Morgan fingerprint density at radius 1 is 1.24 bits per heavy atom. The number of anilines is 1. The third kappa shape index (κ3) is 3.73. The number of aromatic nitrogens is 1. The van der Waals surface area contributed by atoms with Crippen molar-refractivity contribution >= 4 is 23.5 Å². The van der Waals surface area contributed by atoms with Gasteiger partial charge in [-0.25, -0.2) is 4.98 Å². The van der Waals surface area contributed by atoms with Crippen molar-refractivity contribution in [1.29, 1.82) is 10.5 Å². The van der Waals surface area contributed by atoms with Gasteiger partial charge in [-0.3, -0.25) is 4.79 Å². The molecule has 7 heteroatoms. The van der Waals surface area contributed by atoms with E-state index in [1.54, 1.807) is 6.92 Å². The first-order valence-corrected chi connectivity index (χ1v) is 8.26. The number of methoxy groups -OCH3 is 1. The van der Waals surface area contributed by atoms with E-state index < -0.39 is 11.2 Å². The Labute approximate surface area is 150 Å². The van der Waals surface area contributed by atoms with Gasteiger partial charge >= 0.3 is 5.97 Å². The van der Waals surface area contributed by atoms with Gasteiger partial charge in [0.15, 0.2) is 0 Å². The monoisotopic (exact) mass is 352 g/mol. The van der Waals surface area contributed by atoms with Crippen LogP contribution >= 0.6 is 11.8 Å². The number of nitrogens with zero attached hydrogens (tertiary/aromatic N) is 3. The van der Waals surface area contributed by atoms with Crippen LogP contribution in [0.5, 0.6) is 0 Å². The fourth-order valence-electron chi connectivity index (χ4n) is 2.27. The van der Waals surface area contributed by atoms with Crippen LogP contribution in [-0.4, -0.2) is 23.3 Å². The lowest BCUT2D eigenvalue weighted by atomic mass is 9.96. The van der Waals surface area contributed by atoms with Gasteiger partial charge in [0.05, 0.1) is 12.7 Å². The summed E-state index contributed by atoms with van der Waals surface area (Å²) in [4.78, 5) is 15.8. The van der Waals surface area contributed by atoms with E-state index in [1.807, 2.05) is 37.3 Å². The maximum atomic E-state index is 11.7. The molecule has 0 aliphatic rings. The van der Waals surface area contributed by atoms with Gasteiger partial charge in [-0.15, -0.1) is 0 Å². The lowest BCUT2D eigenvalue weighted by Gasteiger charge is -2.15. The minimum absolute atomic E-state index is 0.0247. The van der Waals surface area contributed by atoms with Crippen LogP contribution in [-0.2, 0) is 9.53 Å².